The van der Waals surface area contributed by atoms with E-state index in [0.29, 0.717) is 17.8 Å². The van der Waals surface area contributed by atoms with Crippen LogP contribution in [-0.4, -0.2) is 43.9 Å². The minimum atomic E-state index is -0.337. The van der Waals surface area contributed by atoms with Gasteiger partial charge in [-0.1, -0.05) is 30.3 Å². The number of aliphatic hydroxyl groups excluding tert-OH is 1. The number of nitrogens with one attached hydrogen (secondary N) is 1. The zero-order valence-corrected chi connectivity index (χ0v) is 13.8. The van der Waals surface area contributed by atoms with Crippen LogP contribution >= 0.6 is 0 Å². The number of carbonyl (C=O) groups is 1. The smallest absolute Gasteiger partial charge is 0.251 e. The maximum Gasteiger partial charge on any atom is 0.251 e. The number of aliphatic hydroxyl groups is 1. The third kappa shape index (κ3) is 4.07. The van der Waals surface area contributed by atoms with E-state index in [9.17, 15) is 9.90 Å². The molecule has 2 aromatic carbocycles. The van der Waals surface area contributed by atoms with E-state index in [1.165, 1.54) is 0 Å². The summed E-state index contributed by atoms with van der Waals surface area (Å²) in [6.45, 7) is 1.68. The summed E-state index contributed by atoms with van der Waals surface area (Å²) in [7, 11) is 0. The van der Waals surface area contributed by atoms with E-state index in [2.05, 4.69) is 20.8 Å². The Hall–Kier alpha value is -3.06. The highest BCUT2D eigenvalue weighted by Gasteiger charge is 2.14. The molecule has 3 rings (SSSR count). The van der Waals surface area contributed by atoms with Crippen molar-refractivity contribution in [1.29, 1.82) is 0 Å². The number of aromatic nitrogens is 4. The molecule has 2 N–H and O–H groups in total. The number of aryl methyl sites for hydroxylation is 1. The van der Waals surface area contributed by atoms with E-state index >= 15 is 0 Å². The van der Waals surface area contributed by atoms with Crippen molar-refractivity contribution in [2.24, 2.45) is 0 Å². The molecular formula is C18H19N5O2. The molecule has 0 unspecified atom stereocenters. The number of nitrogens with zero attached hydrogens (tertiary/aromatic N) is 4. The summed E-state index contributed by atoms with van der Waals surface area (Å²) in [4.78, 5) is 12.4. The Morgan fingerprint density at radius 2 is 1.88 bits per heavy atom. The van der Waals surface area contributed by atoms with Crippen molar-refractivity contribution >= 4 is 5.91 Å². The van der Waals surface area contributed by atoms with E-state index in [1.807, 2.05) is 30.3 Å². The number of tetrazole rings is 1. The fourth-order valence-corrected chi connectivity index (χ4v) is 2.55. The van der Waals surface area contributed by atoms with Gasteiger partial charge in [0, 0.05) is 5.56 Å². The van der Waals surface area contributed by atoms with Gasteiger partial charge in [-0.05, 0) is 53.6 Å². The van der Waals surface area contributed by atoms with Crippen LogP contribution in [0.1, 0.15) is 21.7 Å². The molecule has 128 valence electrons. The molecule has 0 bridgehead atoms. The molecule has 25 heavy (non-hydrogen) atoms. The first kappa shape index (κ1) is 16.8. The van der Waals surface area contributed by atoms with Gasteiger partial charge < -0.3 is 10.4 Å². The van der Waals surface area contributed by atoms with Crippen LogP contribution < -0.4 is 5.32 Å². The molecule has 0 radical (unpaired) electrons. The van der Waals surface area contributed by atoms with Gasteiger partial charge >= 0.3 is 0 Å². The van der Waals surface area contributed by atoms with Gasteiger partial charge in [0.1, 0.15) is 0 Å². The minimum Gasteiger partial charge on any atom is -0.394 e. The highest BCUT2D eigenvalue weighted by atomic mass is 16.3. The standard InChI is InChI=1S/C18H19N5O2/c1-13-20-21-22-23(13)17-9-7-15(8-10-17)18(25)19-16(12-24)11-14-5-3-2-4-6-14/h2-10,16,24H,11-12H2,1H3,(H,19,25)/t16-/m0/s1. The number of benzene rings is 2. The molecule has 1 aromatic heterocycles. The lowest BCUT2D eigenvalue weighted by Gasteiger charge is -2.16. The summed E-state index contributed by atoms with van der Waals surface area (Å²) in [6.07, 6.45) is 0.574. The molecule has 0 aliphatic heterocycles. The van der Waals surface area contributed by atoms with Crippen LogP contribution in [0.2, 0.25) is 0 Å². The maximum atomic E-state index is 12.4. The molecule has 0 aliphatic rings. The first-order valence-electron chi connectivity index (χ1n) is 7.98. The quantitative estimate of drug-likeness (QED) is 0.707. The summed E-state index contributed by atoms with van der Waals surface area (Å²) in [6, 6.07) is 16.4. The van der Waals surface area contributed by atoms with E-state index in [0.717, 1.165) is 11.3 Å². The first-order valence-corrected chi connectivity index (χ1v) is 7.98. The average molecular weight is 337 g/mol. The molecule has 3 aromatic rings. The second kappa shape index (κ2) is 7.67. The van der Waals surface area contributed by atoms with Crippen molar-refractivity contribution in [2.75, 3.05) is 6.61 Å². The molecule has 1 amide bonds. The zero-order chi connectivity index (χ0) is 17.6. The van der Waals surface area contributed by atoms with Gasteiger partial charge in [-0.3, -0.25) is 4.79 Å². The summed E-state index contributed by atoms with van der Waals surface area (Å²) in [5, 5.41) is 23.7. The topological polar surface area (TPSA) is 92.9 Å². The Bertz CT molecular complexity index is 830. The minimum absolute atomic E-state index is 0.122. The van der Waals surface area contributed by atoms with Crippen LogP contribution in [0.4, 0.5) is 0 Å². The van der Waals surface area contributed by atoms with Crippen LogP contribution in [0, 0.1) is 6.92 Å². The number of hydrogen-bond acceptors (Lipinski definition) is 5. The van der Waals surface area contributed by atoms with Crippen molar-refractivity contribution in [3.05, 3.63) is 71.5 Å². The van der Waals surface area contributed by atoms with Crippen molar-refractivity contribution in [3.63, 3.8) is 0 Å². The Morgan fingerprint density at radius 1 is 1.16 bits per heavy atom. The Morgan fingerprint density at radius 3 is 2.48 bits per heavy atom. The van der Waals surface area contributed by atoms with E-state index in [1.54, 1.807) is 35.9 Å². The molecule has 0 fully saturated rings. The van der Waals surface area contributed by atoms with Crippen LogP contribution in [0.5, 0.6) is 0 Å². The second-order valence-electron chi connectivity index (χ2n) is 5.73. The van der Waals surface area contributed by atoms with Gasteiger partial charge in [-0.2, -0.15) is 4.68 Å². The Kier molecular flexibility index (Phi) is 5.15. The van der Waals surface area contributed by atoms with Crippen LogP contribution in [0.25, 0.3) is 5.69 Å². The largest absolute Gasteiger partial charge is 0.394 e. The zero-order valence-electron chi connectivity index (χ0n) is 13.8. The van der Waals surface area contributed by atoms with Gasteiger partial charge in [0.15, 0.2) is 5.82 Å². The van der Waals surface area contributed by atoms with Gasteiger partial charge in [-0.15, -0.1) is 5.10 Å². The number of hydrogen-bond donors (Lipinski definition) is 2. The molecule has 0 spiro atoms. The number of rotatable bonds is 6. The summed E-state index contributed by atoms with van der Waals surface area (Å²) < 4.78 is 1.59. The van der Waals surface area contributed by atoms with Crippen molar-refractivity contribution in [1.82, 2.24) is 25.5 Å². The lowest BCUT2D eigenvalue weighted by molar-refractivity contribution is 0.0916. The van der Waals surface area contributed by atoms with Crippen molar-refractivity contribution < 1.29 is 9.90 Å². The van der Waals surface area contributed by atoms with Gasteiger partial charge in [0.05, 0.1) is 18.3 Å². The van der Waals surface area contributed by atoms with Crippen LogP contribution in [0.3, 0.4) is 0 Å². The lowest BCUT2D eigenvalue weighted by atomic mass is 10.1. The molecule has 0 saturated heterocycles. The number of amides is 1. The van der Waals surface area contributed by atoms with Crippen LogP contribution in [-0.2, 0) is 6.42 Å². The third-order valence-electron chi connectivity index (χ3n) is 3.88. The van der Waals surface area contributed by atoms with E-state index in [-0.39, 0.29) is 18.6 Å². The molecule has 1 atom stereocenters. The Labute approximate surface area is 145 Å². The lowest BCUT2D eigenvalue weighted by Crippen LogP contribution is -2.39. The molecule has 1 heterocycles. The summed E-state index contributed by atoms with van der Waals surface area (Å²) in [5.74, 6) is 0.440. The fourth-order valence-electron chi connectivity index (χ4n) is 2.55. The molecular weight excluding hydrogens is 318 g/mol. The third-order valence-corrected chi connectivity index (χ3v) is 3.88. The molecule has 0 saturated carbocycles. The van der Waals surface area contributed by atoms with Crippen molar-refractivity contribution in [2.45, 2.75) is 19.4 Å². The maximum absolute atomic E-state index is 12.4. The van der Waals surface area contributed by atoms with Gasteiger partial charge in [0.25, 0.3) is 5.91 Å². The molecule has 7 nitrogen and oxygen atoms in total. The van der Waals surface area contributed by atoms with E-state index in [4.69, 9.17) is 0 Å². The fraction of sp³-hybridized carbons (Fsp3) is 0.222. The van der Waals surface area contributed by atoms with Gasteiger partial charge in [0.2, 0.25) is 0 Å². The average Bonchev–Trinajstić information content (AvgIpc) is 3.08. The predicted molar refractivity (Wildman–Crippen MR) is 92.4 cm³/mol. The monoisotopic (exact) mass is 337 g/mol. The Balaban J connectivity index is 1.67. The predicted octanol–water partition coefficient (Wildman–Crippen LogP) is 1.30. The van der Waals surface area contributed by atoms with Crippen molar-refractivity contribution in [3.8, 4) is 5.69 Å². The normalized spacial score (nSPS) is 11.9. The SMILES string of the molecule is Cc1nnnn1-c1ccc(C(=O)N[C@H](CO)Cc2ccccc2)cc1. The van der Waals surface area contributed by atoms with Gasteiger partial charge in [-0.25, -0.2) is 0 Å². The van der Waals surface area contributed by atoms with Crippen LogP contribution in [0.15, 0.2) is 54.6 Å². The highest BCUT2D eigenvalue weighted by Crippen LogP contribution is 2.10. The first-order chi connectivity index (χ1) is 12.2. The highest BCUT2D eigenvalue weighted by molar-refractivity contribution is 5.94. The molecule has 0 aliphatic carbocycles. The summed E-state index contributed by atoms with van der Waals surface area (Å²) in [5.41, 5.74) is 2.36. The molecule has 7 heteroatoms. The van der Waals surface area contributed by atoms with E-state index < -0.39 is 0 Å². The number of carbonyl (C=O) groups excluding carboxylic acids is 1. The second-order valence-corrected chi connectivity index (χ2v) is 5.73. The summed E-state index contributed by atoms with van der Waals surface area (Å²) >= 11 is 0.